The van der Waals surface area contributed by atoms with Gasteiger partial charge in [0.25, 0.3) is 0 Å². The number of aromatic hydroxyl groups is 2. The van der Waals surface area contributed by atoms with Crippen LogP contribution in [0.2, 0.25) is 0 Å². The Bertz CT molecular complexity index is 605. The summed E-state index contributed by atoms with van der Waals surface area (Å²) >= 11 is 0. The van der Waals surface area contributed by atoms with Crippen molar-refractivity contribution in [2.24, 2.45) is 0 Å². The van der Waals surface area contributed by atoms with Gasteiger partial charge in [0.1, 0.15) is 0 Å². The fourth-order valence-corrected chi connectivity index (χ4v) is 2.02. The molecule has 2 rings (SSSR count). The van der Waals surface area contributed by atoms with Crippen LogP contribution in [0.3, 0.4) is 0 Å². The van der Waals surface area contributed by atoms with Crippen molar-refractivity contribution in [1.82, 2.24) is 0 Å². The average molecular weight is 272 g/mol. The fourth-order valence-electron chi connectivity index (χ4n) is 2.02. The van der Waals surface area contributed by atoms with Crippen LogP contribution < -0.4 is 4.74 Å². The van der Waals surface area contributed by atoms with E-state index in [-0.39, 0.29) is 35.0 Å². The molecule has 20 heavy (non-hydrogen) atoms. The van der Waals surface area contributed by atoms with Crippen LogP contribution in [0.5, 0.6) is 17.2 Å². The molecule has 2 N–H and O–H groups in total. The number of hydrogen-bond acceptors (Lipinski definition) is 4. The summed E-state index contributed by atoms with van der Waals surface area (Å²) in [6.07, 6.45) is 0.883. The van der Waals surface area contributed by atoms with Crippen LogP contribution in [-0.2, 0) is 6.42 Å². The van der Waals surface area contributed by atoms with Gasteiger partial charge < -0.3 is 14.9 Å². The van der Waals surface area contributed by atoms with E-state index in [1.54, 1.807) is 0 Å². The van der Waals surface area contributed by atoms with Crippen molar-refractivity contribution < 1.29 is 19.7 Å². The molecule has 0 aromatic heterocycles. The van der Waals surface area contributed by atoms with Crippen molar-refractivity contribution in [2.45, 2.75) is 12.8 Å². The highest BCUT2D eigenvalue weighted by Crippen LogP contribution is 2.38. The van der Waals surface area contributed by atoms with Gasteiger partial charge >= 0.3 is 0 Å². The lowest BCUT2D eigenvalue weighted by Crippen LogP contribution is -2.02. The number of carbonyl (C=O) groups is 1. The van der Waals surface area contributed by atoms with Crippen LogP contribution >= 0.6 is 0 Å². The zero-order valence-corrected chi connectivity index (χ0v) is 11.2. The van der Waals surface area contributed by atoms with Crippen molar-refractivity contribution in [3.63, 3.8) is 0 Å². The summed E-state index contributed by atoms with van der Waals surface area (Å²) in [4.78, 5) is 12.1. The third kappa shape index (κ3) is 2.91. The van der Waals surface area contributed by atoms with E-state index < -0.39 is 0 Å². The van der Waals surface area contributed by atoms with E-state index >= 15 is 0 Å². The fraction of sp³-hybridized carbons (Fsp3) is 0.188. The van der Waals surface area contributed by atoms with Gasteiger partial charge in [0.15, 0.2) is 17.3 Å². The number of carbonyl (C=O) groups excluding carboxylic acids is 1. The Labute approximate surface area is 117 Å². The van der Waals surface area contributed by atoms with E-state index in [0.29, 0.717) is 6.42 Å². The molecule has 2 aromatic carbocycles. The summed E-state index contributed by atoms with van der Waals surface area (Å²) < 4.78 is 4.88. The Hall–Kier alpha value is -2.49. The Kier molecular flexibility index (Phi) is 4.25. The van der Waals surface area contributed by atoms with E-state index in [1.165, 1.54) is 19.2 Å². The number of phenols is 2. The molecule has 0 radical (unpaired) electrons. The molecule has 0 aliphatic rings. The number of phenolic OH excluding ortho intramolecular Hbond substituents is 2. The number of benzene rings is 2. The second-order valence-corrected chi connectivity index (χ2v) is 4.42. The quantitative estimate of drug-likeness (QED) is 0.821. The number of ether oxygens (including phenoxy) is 1. The molecular formula is C16H16O4. The first-order valence-corrected chi connectivity index (χ1v) is 6.29. The van der Waals surface area contributed by atoms with Crippen molar-refractivity contribution in [2.75, 3.05) is 7.11 Å². The van der Waals surface area contributed by atoms with Crippen molar-refractivity contribution in [3.05, 3.63) is 53.6 Å². The number of methoxy groups -OCH3 is 1. The van der Waals surface area contributed by atoms with Crippen LogP contribution in [0.1, 0.15) is 22.3 Å². The lowest BCUT2D eigenvalue weighted by atomic mass is 10.0. The molecule has 0 fully saturated rings. The van der Waals surface area contributed by atoms with Gasteiger partial charge in [-0.15, -0.1) is 0 Å². The largest absolute Gasteiger partial charge is 0.504 e. The maximum Gasteiger partial charge on any atom is 0.203 e. The molecule has 0 spiro atoms. The molecule has 0 bridgehead atoms. The summed E-state index contributed by atoms with van der Waals surface area (Å²) in [5.74, 6) is -0.768. The summed E-state index contributed by atoms with van der Waals surface area (Å²) in [7, 11) is 1.33. The van der Waals surface area contributed by atoms with E-state index in [4.69, 9.17) is 4.74 Å². The van der Waals surface area contributed by atoms with Crippen molar-refractivity contribution >= 4 is 5.78 Å². The topological polar surface area (TPSA) is 66.8 Å². The Morgan fingerprint density at radius 1 is 1.10 bits per heavy atom. The van der Waals surface area contributed by atoms with Crippen molar-refractivity contribution in [3.8, 4) is 17.2 Å². The zero-order chi connectivity index (χ0) is 14.5. The van der Waals surface area contributed by atoms with Crippen LogP contribution in [0.4, 0.5) is 0 Å². The van der Waals surface area contributed by atoms with E-state index in [1.807, 2.05) is 30.3 Å². The lowest BCUT2D eigenvalue weighted by Gasteiger charge is -2.09. The summed E-state index contributed by atoms with van der Waals surface area (Å²) in [6, 6.07) is 12.4. The van der Waals surface area contributed by atoms with Gasteiger partial charge in [-0.2, -0.15) is 0 Å². The minimum Gasteiger partial charge on any atom is -0.504 e. The third-order valence-corrected chi connectivity index (χ3v) is 3.10. The minimum absolute atomic E-state index is 0.0736. The number of rotatable bonds is 5. The molecule has 2 aromatic rings. The molecule has 0 unspecified atom stereocenters. The van der Waals surface area contributed by atoms with E-state index in [9.17, 15) is 15.0 Å². The third-order valence-electron chi connectivity index (χ3n) is 3.10. The van der Waals surface area contributed by atoms with Gasteiger partial charge in [-0.3, -0.25) is 4.79 Å². The highest BCUT2D eigenvalue weighted by molar-refractivity contribution is 5.99. The molecule has 0 saturated carbocycles. The molecule has 4 heteroatoms. The van der Waals surface area contributed by atoms with Crippen molar-refractivity contribution in [1.29, 1.82) is 0 Å². The van der Waals surface area contributed by atoms with Crippen LogP contribution in [0.15, 0.2) is 42.5 Å². The first-order valence-electron chi connectivity index (χ1n) is 6.29. The summed E-state index contributed by atoms with van der Waals surface area (Å²) in [5.41, 5.74) is 1.22. The number of hydrogen-bond donors (Lipinski definition) is 2. The molecule has 0 aliphatic heterocycles. The molecule has 0 saturated heterocycles. The van der Waals surface area contributed by atoms with Gasteiger partial charge in [-0.1, -0.05) is 30.3 Å². The van der Waals surface area contributed by atoms with Crippen LogP contribution in [0.25, 0.3) is 0 Å². The molecule has 0 atom stereocenters. The zero-order valence-electron chi connectivity index (χ0n) is 11.2. The summed E-state index contributed by atoms with van der Waals surface area (Å²) in [5, 5.41) is 19.4. The maximum atomic E-state index is 12.1. The van der Waals surface area contributed by atoms with Crippen LogP contribution in [-0.4, -0.2) is 23.1 Å². The Morgan fingerprint density at radius 2 is 1.80 bits per heavy atom. The first kappa shape index (κ1) is 13.9. The summed E-state index contributed by atoms with van der Waals surface area (Å²) in [6.45, 7) is 0. The Morgan fingerprint density at radius 3 is 2.45 bits per heavy atom. The minimum atomic E-state index is -0.314. The normalized spacial score (nSPS) is 10.2. The second kappa shape index (κ2) is 6.10. The second-order valence-electron chi connectivity index (χ2n) is 4.42. The standard InChI is InChI=1S/C16H16O4/c1-20-16-14(18)10-8-12(15(16)19)13(17)9-7-11-5-3-2-4-6-11/h2-6,8,10,18-19H,7,9H2,1H3. The number of ketones is 1. The molecule has 104 valence electrons. The van der Waals surface area contributed by atoms with E-state index in [2.05, 4.69) is 0 Å². The van der Waals surface area contributed by atoms with Gasteiger partial charge in [-0.05, 0) is 24.1 Å². The molecule has 4 nitrogen and oxygen atoms in total. The van der Waals surface area contributed by atoms with E-state index in [0.717, 1.165) is 5.56 Å². The lowest BCUT2D eigenvalue weighted by molar-refractivity contribution is 0.0979. The predicted molar refractivity (Wildman–Crippen MR) is 75.4 cm³/mol. The van der Waals surface area contributed by atoms with Crippen LogP contribution in [0, 0.1) is 0 Å². The van der Waals surface area contributed by atoms with Gasteiger partial charge in [-0.25, -0.2) is 0 Å². The SMILES string of the molecule is COc1c(O)ccc(C(=O)CCc2ccccc2)c1O. The van der Waals surface area contributed by atoms with Gasteiger partial charge in [0.2, 0.25) is 5.75 Å². The molecule has 0 aliphatic carbocycles. The average Bonchev–Trinajstić information content (AvgIpc) is 2.46. The van der Waals surface area contributed by atoms with Gasteiger partial charge in [0.05, 0.1) is 12.7 Å². The molecule has 0 heterocycles. The molecule has 0 amide bonds. The highest BCUT2D eigenvalue weighted by Gasteiger charge is 2.17. The molecular weight excluding hydrogens is 256 g/mol. The number of aryl methyl sites for hydroxylation is 1. The first-order chi connectivity index (χ1) is 9.63. The monoisotopic (exact) mass is 272 g/mol. The maximum absolute atomic E-state index is 12.1. The van der Waals surface area contributed by atoms with Gasteiger partial charge in [0, 0.05) is 6.42 Å². The predicted octanol–water partition coefficient (Wildman–Crippen LogP) is 2.92. The Balaban J connectivity index is 2.14. The smallest absolute Gasteiger partial charge is 0.203 e. The number of Topliss-reactive ketones (excluding diaryl/α,β-unsaturated/α-hetero) is 1. The highest BCUT2D eigenvalue weighted by atomic mass is 16.5.